The quantitative estimate of drug-likeness (QED) is 0.670. The first-order chi connectivity index (χ1) is 15.5. The molecule has 1 fully saturated rings. The van der Waals surface area contributed by atoms with Gasteiger partial charge in [-0.25, -0.2) is 4.68 Å². The zero-order chi connectivity index (χ0) is 24.0. The minimum atomic E-state index is -4.53. The minimum absolute atomic E-state index is 0.0444. The second kappa shape index (κ2) is 8.41. The van der Waals surface area contributed by atoms with E-state index in [4.69, 9.17) is 12.2 Å². The Morgan fingerprint density at radius 2 is 2.15 bits per heavy atom. The lowest BCUT2D eigenvalue weighted by Crippen LogP contribution is -2.27. The number of nitrogens with two attached hydrogens (primary N) is 1. The first-order valence-corrected chi connectivity index (χ1v) is 11.0. The molecule has 2 aromatic rings. The summed E-state index contributed by atoms with van der Waals surface area (Å²) in [7, 11) is 0. The molecule has 1 aromatic carbocycles. The highest BCUT2D eigenvalue weighted by atomic mass is 19.4. The van der Waals surface area contributed by atoms with Gasteiger partial charge in [-0.1, -0.05) is 19.8 Å². The van der Waals surface area contributed by atoms with Gasteiger partial charge in [-0.15, -0.1) is 6.42 Å². The Morgan fingerprint density at radius 3 is 2.82 bits per heavy atom. The molecular weight excluding hydrogens is 431 g/mol. The van der Waals surface area contributed by atoms with Crippen molar-refractivity contribution in [2.24, 2.45) is 11.1 Å². The van der Waals surface area contributed by atoms with Crippen molar-refractivity contribution in [1.29, 1.82) is 0 Å². The highest BCUT2D eigenvalue weighted by Crippen LogP contribution is 2.42. The van der Waals surface area contributed by atoms with E-state index in [1.807, 2.05) is 13.8 Å². The van der Waals surface area contributed by atoms with E-state index in [1.54, 1.807) is 18.2 Å². The van der Waals surface area contributed by atoms with Crippen molar-refractivity contribution in [3.63, 3.8) is 0 Å². The van der Waals surface area contributed by atoms with E-state index >= 15 is 0 Å². The van der Waals surface area contributed by atoms with E-state index in [-0.39, 0.29) is 22.6 Å². The summed E-state index contributed by atoms with van der Waals surface area (Å²) in [5.41, 5.74) is 6.67. The monoisotopic (exact) mass is 459 g/mol. The van der Waals surface area contributed by atoms with E-state index in [0.717, 1.165) is 13.0 Å². The van der Waals surface area contributed by atoms with Gasteiger partial charge in [0.2, 0.25) is 0 Å². The van der Waals surface area contributed by atoms with Crippen LogP contribution >= 0.6 is 0 Å². The number of carbonyl (C=O) groups is 1. The second-order valence-electron chi connectivity index (χ2n) is 9.69. The fourth-order valence-corrected chi connectivity index (χ4v) is 4.82. The smallest absolute Gasteiger partial charge is 0.380 e. The van der Waals surface area contributed by atoms with Crippen LogP contribution in [0.3, 0.4) is 0 Å². The van der Waals surface area contributed by atoms with E-state index in [9.17, 15) is 18.0 Å². The molecule has 1 saturated heterocycles. The van der Waals surface area contributed by atoms with Crippen LogP contribution in [0.1, 0.15) is 54.0 Å². The summed E-state index contributed by atoms with van der Waals surface area (Å²) in [4.78, 5) is 14.2. The summed E-state index contributed by atoms with van der Waals surface area (Å²) < 4.78 is 42.6. The normalized spacial score (nSPS) is 20.3. The number of nitrogens with zero attached hydrogens (tertiary/aromatic N) is 3. The number of halogens is 3. The number of aromatic nitrogens is 2. The fourth-order valence-electron chi connectivity index (χ4n) is 4.82. The van der Waals surface area contributed by atoms with Gasteiger partial charge in [0.05, 0.1) is 17.8 Å². The van der Waals surface area contributed by atoms with E-state index in [0.29, 0.717) is 49.4 Å². The molecule has 1 aromatic heterocycles. The van der Waals surface area contributed by atoms with Crippen LogP contribution < -0.4 is 11.1 Å². The van der Waals surface area contributed by atoms with Crippen LogP contribution in [0.25, 0.3) is 5.69 Å². The molecule has 9 heteroatoms. The molecule has 1 aliphatic heterocycles. The van der Waals surface area contributed by atoms with Gasteiger partial charge in [-0.05, 0) is 49.3 Å². The number of likely N-dealkylation sites (tertiary alicyclic amines) is 1. The topological polar surface area (TPSA) is 76.2 Å². The molecule has 0 radical (unpaired) electrons. The third-order valence-corrected chi connectivity index (χ3v) is 6.52. The van der Waals surface area contributed by atoms with Crippen molar-refractivity contribution in [1.82, 2.24) is 14.7 Å². The summed E-state index contributed by atoms with van der Waals surface area (Å²) in [5.74, 6) is 2.02. The highest BCUT2D eigenvalue weighted by Gasteiger charge is 2.42. The van der Waals surface area contributed by atoms with Gasteiger partial charge in [-0.3, -0.25) is 9.69 Å². The van der Waals surface area contributed by atoms with Gasteiger partial charge < -0.3 is 11.1 Å². The zero-order valence-corrected chi connectivity index (χ0v) is 18.8. The van der Waals surface area contributed by atoms with E-state index in [1.165, 1.54) is 4.68 Å². The van der Waals surface area contributed by atoms with Crippen molar-refractivity contribution in [2.45, 2.75) is 51.7 Å². The van der Waals surface area contributed by atoms with Gasteiger partial charge in [0, 0.05) is 36.1 Å². The maximum absolute atomic E-state index is 13.7. The van der Waals surface area contributed by atoms with E-state index in [2.05, 4.69) is 21.2 Å². The van der Waals surface area contributed by atoms with Gasteiger partial charge in [-0.2, -0.15) is 18.3 Å². The number of alkyl halides is 3. The number of terminal acetylenes is 1. The molecule has 2 heterocycles. The molecule has 1 aliphatic carbocycles. The second-order valence-corrected chi connectivity index (χ2v) is 9.69. The van der Waals surface area contributed by atoms with Gasteiger partial charge >= 0.3 is 6.18 Å². The molecule has 0 spiro atoms. The molecule has 3 N–H and O–H groups in total. The number of anilines is 1. The standard InChI is InChI=1S/C24H28F3N5O/c1-4-10-31-11-8-15(14-31)29-19-12-16(5-6-17(19)22(28)33)32-20-13-23(2,3)9-7-18(20)21(30-32)24(25,26)27/h1,5-6,12,15,29H,7-11,13-14H2,2-3H3,(H2,28,33). The SMILES string of the molecule is C#CCN1CCC(Nc2cc(-n3nc(C(F)(F)F)c4c3CC(C)(C)CC4)ccc2C(N)=O)C1. The average Bonchev–Trinajstić information content (AvgIpc) is 3.31. The average molecular weight is 460 g/mol. The molecule has 2 aliphatic rings. The Hall–Kier alpha value is -2.99. The number of primary amides is 1. The number of amides is 1. The Morgan fingerprint density at radius 1 is 1.39 bits per heavy atom. The highest BCUT2D eigenvalue weighted by molar-refractivity contribution is 5.99. The number of carbonyl (C=O) groups excluding carboxylic acids is 1. The molecule has 176 valence electrons. The maximum atomic E-state index is 13.7. The third-order valence-electron chi connectivity index (χ3n) is 6.52. The summed E-state index contributed by atoms with van der Waals surface area (Å²) in [6.45, 7) is 6.16. The molecule has 0 bridgehead atoms. The van der Waals surface area contributed by atoms with Crippen LogP contribution in [0.4, 0.5) is 18.9 Å². The largest absolute Gasteiger partial charge is 0.435 e. The van der Waals surface area contributed by atoms with Crippen molar-refractivity contribution in [2.75, 3.05) is 25.0 Å². The number of nitrogens with one attached hydrogen (secondary N) is 1. The molecule has 1 amide bonds. The number of hydrogen-bond donors (Lipinski definition) is 2. The Bertz CT molecular complexity index is 1110. The minimum Gasteiger partial charge on any atom is -0.380 e. The Kier molecular flexibility index (Phi) is 5.91. The van der Waals surface area contributed by atoms with Crippen molar-refractivity contribution in [3.05, 3.63) is 40.7 Å². The van der Waals surface area contributed by atoms with Crippen molar-refractivity contribution >= 4 is 11.6 Å². The van der Waals surface area contributed by atoms with E-state index < -0.39 is 17.8 Å². The van der Waals surface area contributed by atoms with Crippen LogP contribution in [0.2, 0.25) is 0 Å². The molecular formula is C24H28F3N5O. The fraction of sp³-hybridized carbons (Fsp3) is 0.500. The maximum Gasteiger partial charge on any atom is 0.435 e. The molecule has 0 saturated carbocycles. The lowest BCUT2D eigenvalue weighted by Gasteiger charge is -2.30. The summed E-state index contributed by atoms with van der Waals surface area (Å²) in [6, 6.07) is 4.85. The predicted molar refractivity (Wildman–Crippen MR) is 120 cm³/mol. The summed E-state index contributed by atoms with van der Waals surface area (Å²) in [6.07, 6.45) is 3.17. The van der Waals surface area contributed by atoms with Crippen LogP contribution in [-0.2, 0) is 19.0 Å². The predicted octanol–water partition coefficient (Wildman–Crippen LogP) is 3.62. The van der Waals surface area contributed by atoms with Crippen molar-refractivity contribution < 1.29 is 18.0 Å². The lowest BCUT2D eigenvalue weighted by atomic mass is 9.76. The molecule has 33 heavy (non-hydrogen) atoms. The molecule has 4 rings (SSSR count). The Balaban J connectivity index is 1.74. The Labute approximate surface area is 191 Å². The molecule has 6 nitrogen and oxygen atoms in total. The van der Waals surface area contributed by atoms with Crippen LogP contribution in [0.15, 0.2) is 18.2 Å². The summed E-state index contributed by atoms with van der Waals surface area (Å²) >= 11 is 0. The zero-order valence-electron chi connectivity index (χ0n) is 18.8. The third kappa shape index (κ3) is 4.71. The van der Waals surface area contributed by atoms with Gasteiger partial charge in [0.25, 0.3) is 5.91 Å². The lowest BCUT2D eigenvalue weighted by molar-refractivity contribution is -0.142. The number of hydrogen-bond acceptors (Lipinski definition) is 4. The number of rotatable bonds is 5. The summed E-state index contributed by atoms with van der Waals surface area (Å²) in [5, 5.41) is 7.35. The van der Waals surface area contributed by atoms with Crippen molar-refractivity contribution in [3.8, 4) is 18.0 Å². The first-order valence-electron chi connectivity index (χ1n) is 11.0. The molecule has 1 unspecified atom stereocenters. The number of benzene rings is 1. The van der Waals surface area contributed by atoms with Gasteiger partial charge in [0.15, 0.2) is 5.69 Å². The molecule has 1 atom stereocenters. The van der Waals surface area contributed by atoms with Crippen LogP contribution in [0, 0.1) is 17.8 Å². The van der Waals surface area contributed by atoms with Gasteiger partial charge in [0.1, 0.15) is 0 Å². The van der Waals surface area contributed by atoms with Crippen LogP contribution in [0.5, 0.6) is 0 Å². The first kappa shape index (κ1) is 23.2. The van der Waals surface area contributed by atoms with Crippen LogP contribution in [-0.4, -0.2) is 46.3 Å². The number of fused-ring (bicyclic) bond motifs is 1.